The molecule has 3 heterocycles. The summed E-state index contributed by atoms with van der Waals surface area (Å²) in [5, 5.41) is 5.80. The van der Waals surface area contributed by atoms with Gasteiger partial charge in [0.25, 0.3) is 0 Å². The van der Waals surface area contributed by atoms with Crippen LogP contribution in [0.5, 0.6) is 5.75 Å². The largest absolute Gasteiger partial charge is 0.485 e. The topological polar surface area (TPSA) is 52.3 Å². The van der Waals surface area contributed by atoms with Crippen molar-refractivity contribution in [2.24, 2.45) is 0 Å². The van der Waals surface area contributed by atoms with Crippen LogP contribution in [0.4, 0.5) is 0 Å². The number of rotatable bonds is 3. The zero-order valence-electron chi connectivity index (χ0n) is 15.7. The molecule has 138 valence electrons. The lowest BCUT2D eigenvalue weighted by Gasteiger charge is -2.08. The van der Waals surface area contributed by atoms with E-state index in [2.05, 4.69) is 30.0 Å². The first kappa shape index (κ1) is 16.7. The van der Waals surface area contributed by atoms with Crippen LogP contribution in [0, 0.1) is 13.8 Å². The molecule has 0 atom stereocenters. The van der Waals surface area contributed by atoms with Gasteiger partial charge in [0.1, 0.15) is 23.5 Å². The zero-order chi connectivity index (χ0) is 18.4. The van der Waals surface area contributed by atoms with Gasteiger partial charge in [-0.2, -0.15) is 0 Å². The van der Waals surface area contributed by atoms with Crippen LogP contribution in [0.3, 0.4) is 0 Å². The van der Waals surface area contributed by atoms with Gasteiger partial charge in [0.05, 0.1) is 5.39 Å². The Morgan fingerprint density at radius 1 is 1.15 bits per heavy atom. The monoisotopic (exact) mass is 378 g/mol. The van der Waals surface area contributed by atoms with Gasteiger partial charge in [0, 0.05) is 4.88 Å². The lowest BCUT2D eigenvalue weighted by atomic mass is 10.1. The Balaban J connectivity index is 1.52. The number of fused-ring (bicyclic) bond motifs is 5. The van der Waals surface area contributed by atoms with Gasteiger partial charge in [0.15, 0.2) is 11.5 Å². The molecule has 0 amide bonds. The Labute approximate surface area is 162 Å². The van der Waals surface area contributed by atoms with Gasteiger partial charge in [-0.25, -0.2) is 14.5 Å². The summed E-state index contributed by atoms with van der Waals surface area (Å²) < 4.78 is 7.81. The van der Waals surface area contributed by atoms with Gasteiger partial charge in [-0.05, 0) is 62.3 Å². The minimum Gasteiger partial charge on any atom is -0.485 e. The van der Waals surface area contributed by atoms with E-state index in [1.165, 1.54) is 47.1 Å². The fourth-order valence-electron chi connectivity index (χ4n) is 3.86. The van der Waals surface area contributed by atoms with E-state index < -0.39 is 0 Å². The van der Waals surface area contributed by atoms with Gasteiger partial charge in [-0.1, -0.05) is 18.6 Å². The Morgan fingerprint density at radius 2 is 2.04 bits per heavy atom. The van der Waals surface area contributed by atoms with Crippen molar-refractivity contribution in [3.05, 3.63) is 51.9 Å². The van der Waals surface area contributed by atoms with Crippen LogP contribution in [0.25, 0.3) is 15.9 Å². The van der Waals surface area contributed by atoms with Gasteiger partial charge in [-0.15, -0.1) is 16.4 Å². The fourth-order valence-corrected chi connectivity index (χ4v) is 5.08. The lowest BCUT2D eigenvalue weighted by Crippen LogP contribution is -2.00. The highest BCUT2D eigenvalue weighted by Gasteiger charge is 2.20. The Bertz CT molecular complexity index is 1140. The third-order valence-electron chi connectivity index (χ3n) is 5.50. The van der Waals surface area contributed by atoms with Gasteiger partial charge >= 0.3 is 0 Å². The Hall–Kier alpha value is -2.47. The summed E-state index contributed by atoms with van der Waals surface area (Å²) in [5.74, 6) is 1.58. The van der Waals surface area contributed by atoms with Gasteiger partial charge in [0.2, 0.25) is 0 Å². The Morgan fingerprint density at radius 3 is 2.96 bits per heavy atom. The molecule has 0 saturated carbocycles. The van der Waals surface area contributed by atoms with Crippen LogP contribution in [0.2, 0.25) is 0 Å². The highest BCUT2D eigenvalue weighted by Crippen LogP contribution is 2.36. The number of hydrogen-bond donors (Lipinski definition) is 0. The smallest absolute Gasteiger partial charge is 0.189 e. The molecule has 4 aromatic rings. The van der Waals surface area contributed by atoms with Crippen molar-refractivity contribution in [2.75, 3.05) is 0 Å². The molecule has 1 aromatic carbocycles. The summed E-state index contributed by atoms with van der Waals surface area (Å²) in [6.07, 6.45) is 7.90. The minimum atomic E-state index is 0.361. The van der Waals surface area contributed by atoms with Crippen molar-refractivity contribution < 1.29 is 4.74 Å². The van der Waals surface area contributed by atoms with E-state index >= 15 is 0 Å². The lowest BCUT2D eigenvalue weighted by molar-refractivity contribution is 0.294. The van der Waals surface area contributed by atoms with E-state index in [-0.39, 0.29) is 0 Å². The normalized spacial score (nSPS) is 14.4. The van der Waals surface area contributed by atoms with Crippen LogP contribution in [-0.2, 0) is 19.4 Å². The van der Waals surface area contributed by atoms with E-state index in [0.29, 0.717) is 12.4 Å². The third-order valence-corrected chi connectivity index (χ3v) is 6.70. The van der Waals surface area contributed by atoms with Crippen molar-refractivity contribution in [3.63, 3.8) is 0 Å². The second-order valence-electron chi connectivity index (χ2n) is 7.27. The van der Waals surface area contributed by atoms with Gasteiger partial charge < -0.3 is 4.74 Å². The number of thiophene rings is 1. The maximum absolute atomic E-state index is 6.00. The molecule has 0 radical (unpaired) electrons. The number of ether oxygens (including phenoxy) is 1. The van der Waals surface area contributed by atoms with Crippen molar-refractivity contribution in [2.45, 2.75) is 52.6 Å². The highest BCUT2D eigenvalue weighted by molar-refractivity contribution is 7.19. The number of aryl methyl sites for hydroxylation is 3. The molecule has 0 unspecified atom stereocenters. The van der Waals surface area contributed by atoms with Crippen molar-refractivity contribution in [1.29, 1.82) is 0 Å². The van der Waals surface area contributed by atoms with E-state index in [0.717, 1.165) is 28.2 Å². The van der Waals surface area contributed by atoms with Crippen molar-refractivity contribution in [1.82, 2.24) is 19.6 Å². The predicted molar refractivity (Wildman–Crippen MR) is 108 cm³/mol. The summed E-state index contributed by atoms with van der Waals surface area (Å²) >= 11 is 1.83. The number of hydrogen-bond acceptors (Lipinski definition) is 5. The first-order valence-corrected chi connectivity index (χ1v) is 10.4. The highest BCUT2D eigenvalue weighted by atomic mass is 32.1. The quantitative estimate of drug-likeness (QED) is 0.480. The first-order valence-electron chi connectivity index (χ1n) is 9.54. The van der Waals surface area contributed by atoms with Crippen molar-refractivity contribution >= 4 is 27.2 Å². The first-order chi connectivity index (χ1) is 13.2. The molecular formula is C21H22N4OS. The second kappa shape index (κ2) is 6.60. The molecule has 1 aliphatic rings. The summed E-state index contributed by atoms with van der Waals surface area (Å²) in [4.78, 5) is 12.0. The fraction of sp³-hybridized carbons (Fsp3) is 0.381. The van der Waals surface area contributed by atoms with Gasteiger partial charge in [-0.3, -0.25) is 0 Å². The summed E-state index contributed by atoms with van der Waals surface area (Å²) in [6.45, 7) is 4.53. The average molecular weight is 379 g/mol. The van der Waals surface area contributed by atoms with E-state index in [1.54, 1.807) is 6.33 Å². The molecule has 3 aromatic heterocycles. The van der Waals surface area contributed by atoms with Crippen LogP contribution in [-0.4, -0.2) is 19.6 Å². The molecule has 0 saturated heterocycles. The van der Waals surface area contributed by atoms with E-state index in [1.807, 2.05) is 28.0 Å². The SMILES string of the molecule is Cc1cccc(OCc2nc3c4c5c(sc4ncn3n2)CCCCC5)c1C. The standard InChI is InChI=1S/C21H22N4OS/c1-13-7-6-9-16(14(13)2)26-11-18-23-20-19-15-8-4-3-5-10-17(15)27-21(19)22-12-25(20)24-18/h6-7,9,12H,3-5,8,10-11H2,1-2H3. The maximum atomic E-state index is 6.00. The van der Waals surface area contributed by atoms with Crippen molar-refractivity contribution in [3.8, 4) is 5.75 Å². The minimum absolute atomic E-state index is 0.361. The third kappa shape index (κ3) is 2.88. The predicted octanol–water partition coefficient (Wildman–Crippen LogP) is 4.80. The van der Waals surface area contributed by atoms with E-state index in [4.69, 9.17) is 9.72 Å². The molecule has 5 nitrogen and oxygen atoms in total. The molecule has 0 bridgehead atoms. The summed E-state index contributed by atoms with van der Waals surface area (Å²) in [6, 6.07) is 6.11. The zero-order valence-corrected chi connectivity index (χ0v) is 16.5. The van der Waals surface area contributed by atoms with Crippen LogP contribution >= 0.6 is 11.3 Å². The molecule has 6 heteroatoms. The number of benzene rings is 1. The second-order valence-corrected chi connectivity index (χ2v) is 8.36. The number of aromatic nitrogens is 4. The molecule has 1 aliphatic carbocycles. The molecule has 0 aliphatic heterocycles. The van der Waals surface area contributed by atoms with Crippen LogP contribution in [0.15, 0.2) is 24.5 Å². The van der Waals surface area contributed by atoms with E-state index in [9.17, 15) is 0 Å². The summed E-state index contributed by atoms with van der Waals surface area (Å²) in [7, 11) is 0. The molecule has 5 rings (SSSR count). The molecule has 0 spiro atoms. The Kier molecular flexibility index (Phi) is 4.08. The summed E-state index contributed by atoms with van der Waals surface area (Å²) in [5.41, 5.74) is 4.75. The molecule has 0 fully saturated rings. The average Bonchev–Trinajstić information content (AvgIpc) is 3.16. The van der Waals surface area contributed by atoms with Crippen LogP contribution < -0.4 is 4.74 Å². The molecule has 27 heavy (non-hydrogen) atoms. The molecule has 0 N–H and O–H groups in total. The number of nitrogens with zero attached hydrogens (tertiary/aromatic N) is 4. The van der Waals surface area contributed by atoms with Crippen LogP contribution in [0.1, 0.15) is 46.7 Å². The molecular weight excluding hydrogens is 356 g/mol. The maximum Gasteiger partial charge on any atom is 0.189 e.